The van der Waals surface area contributed by atoms with Crippen molar-refractivity contribution in [3.8, 4) is 5.75 Å². The summed E-state index contributed by atoms with van der Waals surface area (Å²) in [6.07, 6.45) is 8.61. The van der Waals surface area contributed by atoms with Gasteiger partial charge in [-0.05, 0) is 17.7 Å². The van der Waals surface area contributed by atoms with Crippen LogP contribution in [0.15, 0.2) is 59.3 Å². The zero-order chi connectivity index (χ0) is 20.5. The molecule has 2 rings (SSSR count). The lowest BCUT2D eigenvalue weighted by atomic mass is 10.2. The summed E-state index contributed by atoms with van der Waals surface area (Å²) in [5, 5.41) is 13.6. The normalized spacial score (nSPS) is 17.8. The fraction of sp³-hybridized carbons (Fsp3) is 0.278. The third kappa shape index (κ3) is 6.27. The molecular formula is C18H24FN5O3S. The molecule has 0 amide bonds. The predicted octanol–water partition coefficient (Wildman–Crippen LogP) is 0.449. The minimum absolute atomic E-state index is 0.0978. The third-order valence-electron chi connectivity index (χ3n) is 3.74. The fourth-order valence-electron chi connectivity index (χ4n) is 2.37. The molecule has 1 aliphatic carbocycles. The number of nitrogens with zero attached hydrogens (tertiary/aromatic N) is 2. The van der Waals surface area contributed by atoms with Crippen LogP contribution in [0.25, 0.3) is 0 Å². The van der Waals surface area contributed by atoms with Crippen molar-refractivity contribution in [2.75, 3.05) is 20.3 Å². The molecule has 10 heteroatoms. The van der Waals surface area contributed by atoms with Crippen LogP contribution in [-0.4, -0.2) is 45.8 Å². The Morgan fingerprint density at radius 1 is 1.46 bits per heavy atom. The van der Waals surface area contributed by atoms with Crippen LogP contribution >= 0.6 is 0 Å². The molecular weight excluding hydrogens is 385 g/mol. The lowest BCUT2D eigenvalue weighted by molar-refractivity contribution is 0.289. The second-order valence-corrected chi connectivity index (χ2v) is 7.23. The Balaban J connectivity index is 2.02. The molecule has 1 aliphatic rings. The maximum absolute atomic E-state index is 13.8. The minimum Gasteiger partial charge on any atom is -0.494 e. The van der Waals surface area contributed by atoms with Crippen molar-refractivity contribution >= 4 is 16.8 Å². The molecule has 0 aromatic heterocycles. The number of amidine groups is 1. The number of aliphatic hydroxyl groups excluding tert-OH is 1. The van der Waals surface area contributed by atoms with Crippen molar-refractivity contribution in [1.82, 2.24) is 9.84 Å². The van der Waals surface area contributed by atoms with Gasteiger partial charge >= 0.3 is 0 Å². The molecule has 28 heavy (non-hydrogen) atoms. The van der Waals surface area contributed by atoms with E-state index in [1.165, 1.54) is 19.2 Å². The van der Waals surface area contributed by atoms with E-state index in [1.54, 1.807) is 36.4 Å². The molecule has 0 saturated heterocycles. The highest BCUT2D eigenvalue weighted by Crippen LogP contribution is 2.18. The van der Waals surface area contributed by atoms with Crippen LogP contribution in [0.1, 0.15) is 5.56 Å². The second kappa shape index (κ2) is 10.7. The molecule has 1 aromatic carbocycles. The highest BCUT2D eigenvalue weighted by atomic mass is 32.2. The lowest BCUT2D eigenvalue weighted by Gasteiger charge is -2.14. The molecule has 8 nitrogen and oxygen atoms in total. The molecule has 0 spiro atoms. The second-order valence-electron chi connectivity index (χ2n) is 5.80. The van der Waals surface area contributed by atoms with Gasteiger partial charge in [-0.2, -0.15) is 0 Å². The molecule has 0 bridgehead atoms. The van der Waals surface area contributed by atoms with Gasteiger partial charge in [-0.25, -0.2) is 24.3 Å². The van der Waals surface area contributed by atoms with E-state index in [2.05, 4.69) is 9.82 Å². The number of allylic oxidation sites excluding steroid dienone is 2. The Morgan fingerprint density at radius 3 is 2.93 bits per heavy atom. The van der Waals surface area contributed by atoms with Crippen molar-refractivity contribution in [3.63, 3.8) is 0 Å². The molecule has 0 fully saturated rings. The van der Waals surface area contributed by atoms with E-state index < -0.39 is 16.8 Å². The largest absolute Gasteiger partial charge is 0.494 e. The number of hydrogen-bond donors (Lipinski definition) is 4. The van der Waals surface area contributed by atoms with Crippen LogP contribution in [0, 0.1) is 5.82 Å². The van der Waals surface area contributed by atoms with Crippen LogP contribution in [0.5, 0.6) is 5.75 Å². The average Bonchev–Trinajstić information content (AvgIpc) is 2.92. The molecule has 0 saturated carbocycles. The Labute approximate surface area is 165 Å². The third-order valence-corrected chi connectivity index (χ3v) is 5.04. The van der Waals surface area contributed by atoms with Crippen molar-refractivity contribution in [2.24, 2.45) is 16.7 Å². The molecule has 2 atom stereocenters. The number of methoxy groups -OCH3 is 1. The van der Waals surface area contributed by atoms with Crippen molar-refractivity contribution in [1.29, 1.82) is 0 Å². The van der Waals surface area contributed by atoms with E-state index in [1.807, 2.05) is 0 Å². The molecule has 0 radical (unpaired) electrons. The number of nitrogens with two attached hydrogens (primary N) is 2. The highest BCUT2D eigenvalue weighted by Gasteiger charge is 2.12. The summed E-state index contributed by atoms with van der Waals surface area (Å²) in [6.45, 7) is 0.286. The summed E-state index contributed by atoms with van der Waals surface area (Å²) in [6, 6.07) is 4.51. The van der Waals surface area contributed by atoms with Crippen LogP contribution in [0.3, 0.4) is 0 Å². The summed E-state index contributed by atoms with van der Waals surface area (Å²) in [5.74, 6) is 5.69. The number of nitrogens with one attached hydrogen (secondary N) is 1. The molecule has 6 N–H and O–H groups in total. The van der Waals surface area contributed by atoms with E-state index >= 15 is 0 Å². The van der Waals surface area contributed by atoms with Crippen LogP contribution < -0.4 is 21.0 Å². The first-order valence-corrected chi connectivity index (χ1v) is 9.66. The van der Waals surface area contributed by atoms with Gasteiger partial charge in [-0.1, -0.05) is 36.4 Å². The predicted molar refractivity (Wildman–Crippen MR) is 108 cm³/mol. The van der Waals surface area contributed by atoms with Gasteiger partial charge in [0.2, 0.25) is 0 Å². The zero-order valence-corrected chi connectivity index (χ0v) is 16.2. The van der Waals surface area contributed by atoms with Crippen molar-refractivity contribution in [2.45, 2.75) is 11.8 Å². The number of hydrogen-bond acceptors (Lipinski definition) is 6. The molecule has 0 heterocycles. The standard InChI is InChI=1S/C18H24FN5O3S/c1-27-17-8-5-13(11-16(17)19)12-24(21)23-18(20)14-3-2-4-15(7-6-14)28(26)22-9-10-25/h2-8,11,15,22,25H,9-10,12,21H2,1H3,(H2,20,23). The Bertz CT molecular complexity index is 825. The molecule has 1 aromatic rings. The molecule has 0 aliphatic heterocycles. The van der Waals surface area contributed by atoms with Gasteiger partial charge in [0.25, 0.3) is 0 Å². The van der Waals surface area contributed by atoms with Gasteiger partial charge in [-0.3, -0.25) is 0 Å². The number of benzene rings is 1. The van der Waals surface area contributed by atoms with Gasteiger partial charge in [-0.15, -0.1) is 5.10 Å². The zero-order valence-electron chi connectivity index (χ0n) is 15.4. The average molecular weight is 409 g/mol. The quantitative estimate of drug-likeness (QED) is 0.203. The van der Waals surface area contributed by atoms with Gasteiger partial charge in [0.1, 0.15) is 11.0 Å². The fourth-order valence-corrected chi connectivity index (χ4v) is 3.31. The molecule has 2 unspecified atom stereocenters. The van der Waals surface area contributed by atoms with Gasteiger partial charge in [0.15, 0.2) is 17.4 Å². The number of ether oxygens (including phenoxy) is 1. The summed E-state index contributed by atoms with van der Waals surface area (Å²) in [4.78, 5) is 0. The Hall–Kier alpha value is -2.53. The molecule has 152 valence electrons. The summed E-state index contributed by atoms with van der Waals surface area (Å²) < 4.78 is 33.4. The van der Waals surface area contributed by atoms with E-state index in [-0.39, 0.29) is 36.5 Å². The van der Waals surface area contributed by atoms with Gasteiger partial charge < -0.3 is 15.6 Å². The number of aliphatic hydroxyl groups is 1. The van der Waals surface area contributed by atoms with E-state index in [9.17, 15) is 8.60 Å². The lowest BCUT2D eigenvalue weighted by Crippen LogP contribution is -2.29. The summed E-state index contributed by atoms with van der Waals surface area (Å²) in [5.41, 5.74) is 7.20. The Kier molecular flexibility index (Phi) is 8.33. The SMILES string of the molecule is COc1ccc(CN(N)/N=C(\N)C2=CC=CC(S(=O)NCCO)C=C2)cc1F. The number of halogens is 1. The Morgan fingerprint density at radius 2 is 2.25 bits per heavy atom. The maximum atomic E-state index is 13.8. The van der Waals surface area contributed by atoms with Crippen LogP contribution in [0.2, 0.25) is 0 Å². The van der Waals surface area contributed by atoms with Crippen LogP contribution in [-0.2, 0) is 17.5 Å². The number of hydrazine groups is 1. The van der Waals surface area contributed by atoms with Crippen LogP contribution in [0.4, 0.5) is 4.39 Å². The highest BCUT2D eigenvalue weighted by molar-refractivity contribution is 7.84. The minimum atomic E-state index is -1.37. The smallest absolute Gasteiger partial charge is 0.165 e. The van der Waals surface area contributed by atoms with Gasteiger partial charge in [0, 0.05) is 12.1 Å². The van der Waals surface area contributed by atoms with E-state index in [0.29, 0.717) is 11.1 Å². The first-order chi connectivity index (χ1) is 13.4. The maximum Gasteiger partial charge on any atom is 0.165 e. The first-order valence-electron chi connectivity index (χ1n) is 8.45. The van der Waals surface area contributed by atoms with E-state index in [4.69, 9.17) is 21.4 Å². The number of hydrazone groups is 1. The summed E-state index contributed by atoms with van der Waals surface area (Å²) in [7, 11) is 0.0259. The van der Waals surface area contributed by atoms with Crippen molar-refractivity contribution in [3.05, 3.63) is 65.5 Å². The van der Waals surface area contributed by atoms with Crippen molar-refractivity contribution < 1.29 is 18.4 Å². The number of rotatable bonds is 9. The topological polar surface area (TPSA) is 126 Å². The van der Waals surface area contributed by atoms with Gasteiger partial charge in [0.05, 0.1) is 25.5 Å². The van der Waals surface area contributed by atoms with E-state index in [0.717, 1.165) is 5.12 Å². The first kappa shape index (κ1) is 21.8. The monoisotopic (exact) mass is 409 g/mol. The summed E-state index contributed by atoms with van der Waals surface area (Å²) >= 11 is 0.